The predicted octanol–water partition coefficient (Wildman–Crippen LogP) is 1.46. The third-order valence-corrected chi connectivity index (χ3v) is 5.01. The molecule has 0 radical (unpaired) electrons. The first kappa shape index (κ1) is 11.9. The molecule has 17 heavy (non-hydrogen) atoms. The lowest BCUT2D eigenvalue weighted by molar-refractivity contribution is 0.0769. The summed E-state index contributed by atoms with van der Waals surface area (Å²) in [5, 5.41) is 9.99. The average Bonchev–Trinajstić information content (AvgIpc) is 2.98. The lowest BCUT2D eigenvalue weighted by Gasteiger charge is -2.33. The van der Waals surface area contributed by atoms with Gasteiger partial charge >= 0.3 is 0 Å². The summed E-state index contributed by atoms with van der Waals surface area (Å²) in [5.41, 5.74) is 0. The summed E-state index contributed by atoms with van der Waals surface area (Å²) in [5.74, 6) is 0. The van der Waals surface area contributed by atoms with Gasteiger partial charge in [-0.3, -0.25) is 9.80 Å². The van der Waals surface area contributed by atoms with Crippen LogP contribution < -0.4 is 0 Å². The van der Waals surface area contributed by atoms with Gasteiger partial charge in [0.15, 0.2) is 0 Å². The molecule has 1 unspecified atom stereocenters. The lowest BCUT2D eigenvalue weighted by atomic mass is 10.1. The summed E-state index contributed by atoms with van der Waals surface area (Å²) in [6.45, 7) is 5.04. The van der Waals surface area contributed by atoms with Crippen LogP contribution in [0.4, 0.5) is 0 Å². The Morgan fingerprint density at radius 3 is 2.29 bits per heavy atom. The van der Waals surface area contributed by atoms with Gasteiger partial charge in [-0.05, 0) is 51.6 Å². The van der Waals surface area contributed by atoms with Crippen LogP contribution >= 0.6 is 0 Å². The largest absolute Gasteiger partial charge is 0.391 e. The molecule has 0 spiro atoms. The Morgan fingerprint density at radius 1 is 0.765 bits per heavy atom. The maximum absolute atomic E-state index is 9.99. The van der Waals surface area contributed by atoms with Crippen LogP contribution in [-0.2, 0) is 0 Å². The average molecular weight is 238 g/mol. The van der Waals surface area contributed by atoms with E-state index >= 15 is 0 Å². The van der Waals surface area contributed by atoms with Crippen LogP contribution in [0.15, 0.2) is 0 Å². The minimum absolute atomic E-state index is 0.0462. The molecular formula is C14H26N2O. The normalized spacial score (nSPS) is 41.1. The van der Waals surface area contributed by atoms with Gasteiger partial charge in [-0.1, -0.05) is 6.42 Å². The Balaban J connectivity index is 1.54. The number of hydrogen-bond acceptors (Lipinski definition) is 3. The first-order valence-corrected chi connectivity index (χ1v) is 7.51. The first-order valence-electron chi connectivity index (χ1n) is 7.51. The van der Waals surface area contributed by atoms with Crippen molar-refractivity contribution in [3.8, 4) is 0 Å². The molecule has 3 aliphatic rings. The van der Waals surface area contributed by atoms with Crippen molar-refractivity contribution in [1.29, 1.82) is 0 Å². The summed E-state index contributed by atoms with van der Waals surface area (Å²) >= 11 is 0. The first-order chi connectivity index (χ1) is 8.34. The molecule has 1 aliphatic carbocycles. The van der Waals surface area contributed by atoms with Crippen LogP contribution in [0.5, 0.6) is 0 Å². The summed E-state index contributed by atoms with van der Waals surface area (Å²) < 4.78 is 0. The molecule has 3 rings (SSSR count). The van der Waals surface area contributed by atoms with Crippen LogP contribution in [0.3, 0.4) is 0 Å². The van der Waals surface area contributed by atoms with Gasteiger partial charge in [0.25, 0.3) is 0 Å². The van der Waals surface area contributed by atoms with E-state index < -0.39 is 0 Å². The van der Waals surface area contributed by atoms with Gasteiger partial charge in [0.2, 0.25) is 0 Å². The van der Waals surface area contributed by atoms with Crippen molar-refractivity contribution in [3.63, 3.8) is 0 Å². The van der Waals surface area contributed by atoms with Gasteiger partial charge in [-0.2, -0.15) is 0 Å². The van der Waals surface area contributed by atoms with Gasteiger partial charge in [-0.15, -0.1) is 0 Å². The summed E-state index contributed by atoms with van der Waals surface area (Å²) in [6.07, 6.45) is 8.94. The van der Waals surface area contributed by atoms with E-state index in [0.717, 1.165) is 12.5 Å². The smallest absolute Gasteiger partial charge is 0.0695 e. The standard InChI is InChI=1S/C14H26N2O/c17-14-6-4-5-13(14)16-10-7-12(11-16)15-8-2-1-3-9-15/h12-14,17H,1-11H2/t12?,13-,14-/m0/s1. The molecule has 0 aromatic rings. The van der Waals surface area contributed by atoms with Crippen LogP contribution in [0, 0.1) is 0 Å². The highest BCUT2D eigenvalue weighted by molar-refractivity contribution is 4.92. The van der Waals surface area contributed by atoms with E-state index in [1.165, 1.54) is 64.7 Å². The molecule has 98 valence electrons. The lowest BCUT2D eigenvalue weighted by Crippen LogP contribution is -2.44. The molecule has 0 amide bonds. The molecule has 0 aromatic heterocycles. The second kappa shape index (κ2) is 5.25. The van der Waals surface area contributed by atoms with E-state index in [0.29, 0.717) is 6.04 Å². The van der Waals surface area contributed by atoms with E-state index in [1.807, 2.05) is 0 Å². The van der Waals surface area contributed by atoms with E-state index in [4.69, 9.17) is 0 Å². The Labute approximate surface area is 105 Å². The van der Waals surface area contributed by atoms with Crippen molar-refractivity contribution in [1.82, 2.24) is 9.80 Å². The Hall–Kier alpha value is -0.120. The fourth-order valence-electron chi connectivity index (χ4n) is 4.00. The van der Waals surface area contributed by atoms with Crippen molar-refractivity contribution < 1.29 is 5.11 Å². The third-order valence-electron chi connectivity index (χ3n) is 5.01. The molecule has 2 saturated heterocycles. The molecule has 3 fully saturated rings. The number of aliphatic hydroxyl groups is 1. The topological polar surface area (TPSA) is 26.7 Å². The molecule has 2 aliphatic heterocycles. The zero-order chi connectivity index (χ0) is 11.7. The summed E-state index contributed by atoms with van der Waals surface area (Å²) in [6, 6.07) is 1.26. The quantitative estimate of drug-likeness (QED) is 0.789. The van der Waals surface area contributed by atoms with Gasteiger partial charge in [0.1, 0.15) is 0 Å². The van der Waals surface area contributed by atoms with Crippen molar-refractivity contribution >= 4 is 0 Å². The minimum atomic E-state index is -0.0462. The van der Waals surface area contributed by atoms with Crippen molar-refractivity contribution in [2.24, 2.45) is 0 Å². The van der Waals surface area contributed by atoms with Crippen LogP contribution in [0.1, 0.15) is 44.9 Å². The van der Waals surface area contributed by atoms with Gasteiger partial charge < -0.3 is 5.11 Å². The highest BCUT2D eigenvalue weighted by atomic mass is 16.3. The molecule has 3 atom stereocenters. The Kier molecular flexibility index (Phi) is 3.69. The maximum atomic E-state index is 9.99. The van der Waals surface area contributed by atoms with Crippen LogP contribution in [0.25, 0.3) is 0 Å². The highest BCUT2D eigenvalue weighted by Crippen LogP contribution is 2.29. The van der Waals surface area contributed by atoms with E-state index in [-0.39, 0.29) is 6.10 Å². The third kappa shape index (κ3) is 2.51. The van der Waals surface area contributed by atoms with E-state index in [1.54, 1.807) is 0 Å². The number of rotatable bonds is 2. The number of likely N-dealkylation sites (tertiary alicyclic amines) is 2. The Morgan fingerprint density at radius 2 is 1.59 bits per heavy atom. The molecule has 3 heteroatoms. The van der Waals surface area contributed by atoms with Crippen molar-refractivity contribution in [3.05, 3.63) is 0 Å². The summed E-state index contributed by atoms with van der Waals surface area (Å²) in [4.78, 5) is 5.27. The maximum Gasteiger partial charge on any atom is 0.0695 e. The molecule has 0 aromatic carbocycles. The van der Waals surface area contributed by atoms with Crippen molar-refractivity contribution in [2.75, 3.05) is 26.2 Å². The molecule has 3 nitrogen and oxygen atoms in total. The van der Waals surface area contributed by atoms with Crippen LogP contribution in [0.2, 0.25) is 0 Å². The number of hydrogen-bond donors (Lipinski definition) is 1. The van der Waals surface area contributed by atoms with Gasteiger partial charge in [0, 0.05) is 25.2 Å². The second-order valence-corrected chi connectivity index (χ2v) is 6.10. The molecule has 2 heterocycles. The molecule has 1 N–H and O–H groups in total. The van der Waals surface area contributed by atoms with E-state index in [2.05, 4.69) is 9.80 Å². The number of piperidine rings is 1. The monoisotopic (exact) mass is 238 g/mol. The second-order valence-electron chi connectivity index (χ2n) is 6.10. The Bertz CT molecular complexity index is 253. The zero-order valence-corrected chi connectivity index (χ0v) is 10.9. The molecule has 0 bridgehead atoms. The van der Waals surface area contributed by atoms with Crippen molar-refractivity contribution in [2.45, 2.75) is 63.1 Å². The summed E-state index contributed by atoms with van der Waals surface area (Å²) in [7, 11) is 0. The molecule has 1 saturated carbocycles. The predicted molar refractivity (Wildman–Crippen MR) is 69.0 cm³/mol. The fraction of sp³-hybridized carbons (Fsp3) is 1.00. The van der Waals surface area contributed by atoms with E-state index in [9.17, 15) is 5.11 Å². The zero-order valence-electron chi connectivity index (χ0n) is 10.9. The SMILES string of the molecule is O[C@H]1CCC[C@@H]1N1CCC(N2CCCCC2)C1. The van der Waals surface area contributed by atoms with Gasteiger partial charge in [-0.25, -0.2) is 0 Å². The van der Waals surface area contributed by atoms with Gasteiger partial charge in [0.05, 0.1) is 6.10 Å². The molecular weight excluding hydrogens is 212 g/mol. The van der Waals surface area contributed by atoms with Crippen LogP contribution in [-0.4, -0.2) is 59.3 Å². The number of aliphatic hydroxyl groups excluding tert-OH is 1. The highest BCUT2D eigenvalue weighted by Gasteiger charge is 2.36. The fourth-order valence-corrected chi connectivity index (χ4v) is 4.00. The minimum Gasteiger partial charge on any atom is -0.391 e. The number of nitrogens with zero attached hydrogens (tertiary/aromatic N) is 2.